The van der Waals surface area contributed by atoms with Crippen LogP contribution >= 0.6 is 11.6 Å². The molecule has 6 nitrogen and oxygen atoms in total. The molecule has 0 unspecified atom stereocenters. The van der Waals surface area contributed by atoms with Gasteiger partial charge < -0.3 is 19.1 Å². The number of halogens is 1. The van der Waals surface area contributed by atoms with E-state index < -0.39 is 9.84 Å². The van der Waals surface area contributed by atoms with Gasteiger partial charge in [0, 0.05) is 29.9 Å². The molecule has 1 fully saturated rings. The average Bonchev–Trinajstić information content (AvgIpc) is 3.14. The SMILES string of the molecule is CN(CCCOc1cccc(S(C)(=O)=O)c1)C[C@@H]1CO[C@H](c2ccc(Cl)cc2)O1. The molecule has 8 heteroatoms. The van der Waals surface area contributed by atoms with E-state index >= 15 is 0 Å². The molecule has 2 atom stereocenters. The number of hydrogen-bond acceptors (Lipinski definition) is 6. The molecule has 0 radical (unpaired) electrons. The molecule has 1 aliphatic heterocycles. The molecule has 2 aromatic rings. The highest BCUT2D eigenvalue weighted by atomic mass is 35.5. The maximum atomic E-state index is 11.6. The van der Waals surface area contributed by atoms with Crippen molar-refractivity contribution in [3.8, 4) is 5.75 Å². The molecular weight excluding hydrogens is 414 g/mol. The van der Waals surface area contributed by atoms with Crippen LogP contribution in [0.25, 0.3) is 0 Å². The van der Waals surface area contributed by atoms with E-state index in [1.807, 2.05) is 31.3 Å². The molecule has 0 aromatic heterocycles. The second-order valence-corrected chi connectivity index (χ2v) is 9.64. The lowest BCUT2D eigenvalue weighted by Crippen LogP contribution is -2.31. The summed E-state index contributed by atoms with van der Waals surface area (Å²) in [7, 11) is -1.20. The molecule has 0 spiro atoms. The predicted octanol–water partition coefficient (Wildman–Crippen LogP) is 3.56. The van der Waals surface area contributed by atoms with Crippen molar-refractivity contribution in [2.45, 2.75) is 23.7 Å². The highest BCUT2D eigenvalue weighted by molar-refractivity contribution is 7.90. The summed E-state index contributed by atoms with van der Waals surface area (Å²) < 4.78 is 40.6. The Hall–Kier alpha value is -1.64. The molecule has 3 rings (SSSR count). The number of ether oxygens (including phenoxy) is 3. The van der Waals surface area contributed by atoms with Crippen LogP contribution in [0.2, 0.25) is 5.02 Å². The van der Waals surface area contributed by atoms with Crippen molar-refractivity contribution in [1.29, 1.82) is 0 Å². The molecule has 1 aliphatic rings. The Kier molecular flexibility index (Phi) is 7.54. The van der Waals surface area contributed by atoms with Crippen molar-refractivity contribution in [2.75, 3.05) is 39.6 Å². The summed E-state index contributed by atoms with van der Waals surface area (Å²) in [5, 5.41) is 0.688. The second kappa shape index (κ2) is 9.91. The first-order valence-electron chi connectivity index (χ1n) is 9.45. The lowest BCUT2D eigenvalue weighted by Gasteiger charge is -2.20. The maximum absolute atomic E-state index is 11.6. The Morgan fingerprint density at radius 3 is 2.69 bits per heavy atom. The van der Waals surface area contributed by atoms with Crippen LogP contribution < -0.4 is 4.74 Å². The van der Waals surface area contributed by atoms with Crippen LogP contribution in [-0.2, 0) is 19.3 Å². The minimum absolute atomic E-state index is 0.00744. The summed E-state index contributed by atoms with van der Waals surface area (Å²) in [5.74, 6) is 0.564. The quantitative estimate of drug-likeness (QED) is 0.556. The minimum atomic E-state index is -3.23. The van der Waals surface area contributed by atoms with Gasteiger partial charge in [0.15, 0.2) is 16.1 Å². The zero-order valence-corrected chi connectivity index (χ0v) is 18.2. The van der Waals surface area contributed by atoms with Gasteiger partial charge in [-0.05, 0) is 43.8 Å². The lowest BCUT2D eigenvalue weighted by molar-refractivity contribution is -0.0635. The van der Waals surface area contributed by atoms with Gasteiger partial charge >= 0.3 is 0 Å². The number of rotatable bonds is 9. The van der Waals surface area contributed by atoms with E-state index in [4.69, 9.17) is 25.8 Å². The molecule has 0 N–H and O–H groups in total. The van der Waals surface area contributed by atoms with E-state index in [2.05, 4.69) is 4.90 Å². The number of benzene rings is 2. The molecule has 158 valence electrons. The van der Waals surface area contributed by atoms with Gasteiger partial charge in [0.2, 0.25) is 0 Å². The molecular formula is C21H26ClNO5S. The van der Waals surface area contributed by atoms with Gasteiger partial charge in [-0.3, -0.25) is 0 Å². The van der Waals surface area contributed by atoms with Gasteiger partial charge in [-0.25, -0.2) is 8.42 Å². The van der Waals surface area contributed by atoms with Crippen LogP contribution in [0, 0.1) is 0 Å². The lowest BCUT2D eigenvalue weighted by atomic mass is 10.2. The van der Waals surface area contributed by atoms with E-state index in [0.717, 1.165) is 25.1 Å². The van der Waals surface area contributed by atoms with Crippen molar-refractivity contribution >= 4 is 21.4 Å². The van der Waals surface area contributed by atoms with Crippen LogP contribution in [0.4, 0.5) is 0 Å². The molecule has 1 heterocycles. The third-order valence-corrected chi connectivity index (χ3v) is 5.96. The van der Waals surface area contributed by atoms with Gasteiger partial charge in [-0.1, -0.05) is 29.8 Å². The molecule has 0 saturated carbocycles. The highest BCUT2D eigenvalue weighted by Crippen LogP contribution is 2.28. The molecule has 2 aromatic carbocycles. The Bertz CT molecular complexity index is 904. The fraction of sp³-hybridized carbons (Fsp3) is 0.429. The van der Waals surface area contributed by atoms with E-state index in [-0.39, 0.29) is 17.3 Å². The van der Waals surface area contributed by atoms with Crippen molar-refractivity contribution in [3.63, 3.8) is 0 Å². The van der Waals surface area contributed by atoms with E-state index in [1.165, 1.54) is 6.26 Å². The fourth-order valence-corrected chi connectivity index (χ4v) is 3.88. The smallest absolute Gasteiger partial charge is 0.184 e. The number of hydrogen-bond donors (Lipinski definition) is 0. The van der Waals surface area contributed by atoms with Crippen molar-refractivity contribution < 1.29 is 22.6 Å². The van der Waals surface area contributed by atoms with Gasteiger partial charge in [-0.2, -0.15) is 0 Å². The van der Waals surface area contributed by atoms with Crippen LogP contribution in [0.3, 0.4) is 0 Å². The van der Waals surface area contributed by atoms with Crippen LogP contribution in [-0.4, -0.2) is 59.0 Å². The van der Waals surface area contributed by atoms with Crippen molar-refractivity contribution in [3.05, 3.63) is 59.1 Å². The third-order valence-electron chi connectivity index (χ3n) is 4.59. The number of likely N-dealkylation sites (N-methyl/N-ethyl adjacent to an activating group) is 1. The van der Waals surface area contributed by atoms with Crippen LogP contribution in [0.15, 0.2) is 53.4 Å². The zero-order chi connectivity index (χ0) is 20.9. The van der Waals surface area contributed by atoms with Gasteiger partial charge in [0.05, 0.1) is 24.2 Å². The third kappa shape index (κ3) is 6.69. The van der Waals surface area contributed by atoms with Crippen molar-refractivity contribution in [2.24, 2.45) is 0 Å². The zero-order valence-electron chi connectivity index (χ0n) is 16.6. The monoisotopic (exact) mass is 439 g/mol. The van der Waals surface area contributed by atoms with Gasteiger partial charge in [-0.15, -0.1) is 0 Å². The topological polar surface area (TPSA) is 65.1 Å². The first-order chi connectivity index (χ1) is 13.8. The fourth-order valence-electron chi connectivity index (χ4n) is 3.10. The highest BCUT2D eigenvalue weighted by Gasteiger charge is 2.28. The van der Waals surface area contributed by atoms with Crippen LogP contribution in [0.5, 0.6) is 5.75 Å². The number of sulfone groups is 1. The van der Waals surface area contributed by atoms with E-state index in [9.17, 15) is 8.42 Å². The maximum Gasteiger partial charge on any atom is 0.184 e. The Morgan fingerprint density at radius 2 is 1.97 bits per heavy atom. The largest absolute Gasteiger partial charge is 0.494 e. The summed E-state index contributed by atoms with van der Waals surface area (Å²) in [6.07, 6.45) is 1.66. The molecule has 1 saturated heterocycles. The van der Waals surface area contributed by atoms with E-state index in [1.54, 1.807) is 24.3 Å². The summed E-state index contributed by atoms with van der Waals surface area (Å²) in [6, 6.07) is 14.1. The Morgan fingerprint density at radius 1 is 1.21 bits per heavy atom. The first-order valence-corrected chi connectivity index (χ1v) is 11.7. The Labute approximate surface area is 177 Å². The molecule has 0 aliphatic carbocycles. The van der Waals surface area contributed by atoms with E-state index in [0.29, 0.717) is 24.0 Å². The Balaban J connectivity index is 1.37. The van der Waals surface area contributed by atoms with Crippen LogP contribution in [0.1, 0.15) is 18.3 Å². The summed E-state index contributed by atoms with van der Waals surface area (Å²) in [6.45, 7) is 2.64. The molecule has 29 heavy (non-hydrogen) atoms. The van der Waals surface area contributed by atoms with Gasteiger partial charge in [0.1, 0.15) is 5.75 Å². The summed E-state index contributed by atoms with van der Waals surface area (Å²) in [5.41, 5.74) is 0.962. The second-order valence-electron chi connectivity index (χ2n) is 7.19. The molecule has 0 amide bonds. The average molecular weight is 440 g/mol. The minimum Gasteiger partial charge on any atom is -0.494 e. The van der Waals surface area contributed by atoms with Gasteiger partial charge in [0.25, 0.3) is 0 Å². The summed E-state index contributed by atoms with van der Waals surface area (Å²) in [4.78, 5) is 2.44. The normalized spacial score (nSPS) is 19.6. The standard InChI is InChI=1S/C21H26ClNO5S/c1-23(11-4-12-26-18-5-3-6-20(13-18)29(2,24)25)14-19-15-27-21(28-19)16-7-9-17(22)10-8-16/h3,5-10,13,19,21H,4,11-12,14-15H2,1-2H3/t19-,21+/m1/s1. The summed E-state index contributed by atoms with van der Waals surface area (Å²) >= 11 is 5.92. The first kappa shape index (κ1) is 22.1. The predicted molar refractivity (Wildman–Crippen MR) is 112 cm³/mol. The molecule has 0 bridgehead atoms. The number of nitrogens with zero attached hydrogens (tertiary/aromatic N) is 1. The van der Waals surface area contributed by atoms with Crippen molar-refractivity contribution in [1.82, 2.24) is 4.90 Å².